The van der Waals surface area contributed by atoms with Gasteiger partial charge in [-0.2, -0.15) is 13.2 Å². The van der Waals surface area contributed by atoms with Crippen LogP contribution >= 0.6 is 22.6 Å². The molecule has 3 nitrogen and oxygen atoms in total. The minimum absolute atomic E-state index is 0.252. The highest BCUT2D eigenvalue weighted by Gasteiger charge is 2.37. The molecule has 1 aromatic heterocycles. The van der Waals surface area contributed by atoms with Gasteiger partial charge in [0.05, 0.1) is 5.56 Å². The van der Waals surface area contributed by atoms with Crippen molar-refractivity contribution in [2.45, 2.75) is 6.18 Å². The highest BCUT2D eigenvalue weighted by Crippen LogP contribution is 2.34. The molecule has 0 amide bonds. The number of anilines is 1. The van der Waals surface area contributed by atoms with Crippen molar-refractivity contribution in [1.82, 2.24) is 0 Å². The molecule has 2 N–H and O–H groups in total. The van der Waals surface area contributed by atoms with E-state index in [-0.39, 0.29) is 11.1 Å². The Morgan fingerprint density at radius 2 is 1.79 bits per heavy atom. The quantitative estimate of drug-likeness (QED) is 0.638. The second kappa shape index (κ2) is 4.87. The van der Waals surface area contributed by atoms with Gasteiger partial charge in [0.2, 0.25) is 11.6 Å². The molecule has 1 aromatic carbocycles. The average molecular weight is 381 g/mol. The number of benzene rings is 1. The smallest absolute Gasteiger partial charge is 0.436 e. The van der Waals surface area contributed by atoms with Crippen molar-refractivity contribution in [2.24, 2.45) is 0 Å². The lowest BCUT2D eigenvalue weighted by atomic mass is 10.1. The van der Waals surface area contributed by atoms with Crippen LogP contribution in [0.1, 0.15) is 21.7 Å². The van der Waals surface area contributed by atoms with Crippen LogP contribution in [0.5, 0.6) is 0 Å². The van der Waals surface area contributed by atoms with E-state index in [9.17, 15) is 18.0 Å². The molecule has 0 aliphatic rings. The monoisotopic (exact) mass is 381 g/mol. The first kappa shape index (κ1) is 13.9. The summed E-state index contributed by atoms with van der Waals surface area (Å²) < 4.78 is 42.6. The van der Waals surface area contributed by atoms with Gasteiger partial charge in [-0.05, 0) is 46.9 Å². The fraction of sp³-hybridized carbons (Fsp3) is 0.0833. The maximum Gasteiger partial charge on any atom is 0.449 e. The normalized spacial score (nSPS) is 11.6. The Balaban J connectivity index is 2.39. The molecular weight excluding hydrogens is 374 g/mol. The summed E-state index contributed by atoms with van der Waals surface area (Å²) in [6, 6.07) is 7.01. The second-order valence-electron chi connectivity index (χ2n) is 3.72. The van der Waals surface area contributed by atoms with Gasteiger partial charge in [0.25, 0.3) is 0 Å². The number of carbonyl (C=O) groups excluding carboxylic acids is 1. The number of nitrogen functional groups attached to an aromatic ring is 1. The van der Waals surface area contributed by atoms with Crippen LogP contribution in [-0.2, 0) is 6.18 Å². The first-order chi connectivity index (χ1) is 8.79. The first-order valence-electron chi connectivity index (χ1n) is 5.06. The molecule has 1 heterocycles. The average Bonchev–Trinajstić information content (AvgIpc) is 2.71. The molecule has 19 heavy (non-hydrogen) atoms. The van der Waals surface area contributed by atoms with Crippen molar-refractivity contribution in [3.05, 3.63) is 50.8 Å². The molecule has 0 bridgehead atoms. The predicted molar refractivity (Wildman–Crippen MR) is 70.7 cm³/mol. The van der Waals surface area contributed by atoms with Gasteiger partial charge >= 0.3 is 6.18 Å². The number of carbonyl (C=O) groups is 1. The Morgan fingerprint density at radius 3 is 2.26 bits per heavy atom. The summed E-state index contributed by atoms with van der Waals surface area (Å²) in [7, 11) is 0. The first-order valence-corrected chi connectivity index (χ1v) is 6.13. The summed E-state index contributed by atoms with van der Waals surface area (Å²) in [5, 5.41) is 0. The van der Waals surface area contributed by atoms with Crippen LogP contribution in [0.2, 0.25) is 0 Å². The minimum Gasteiger partial charge on any atom is -0.436 e. The highest BCUT2D eigenvalue weighted by molar-refractivity contribution is 14.1. The van der Waals surface area contributed by atoms with Crippen LogP contribution in [0.4, 0.5) is 19.1 Å². The third-order valence-corrected chi connectivity index (χ3v) is 3.11. The number of halogens is 4. The number of furan rings is 1. The molecule has 2 rings (SSSR count). The summed E-state index contributed by atoms with van der Waals surface area (Å²) in [5.41, 5.74) is 5.28. The molecule has 0 radical (unpaired) electrons. The van der Waals surface area contributed by atoms with E-state index < -0.39 is 23.6 Å². The van der Waals surface area contributed by atoms with Crippen molar-refractivity contribution >= 4 is 34.3 Å². The standard InChI is InChI=1S/C12H7F3INO2/c13-12(14,15)9-5-8(11(17)19-9)10(18)6-1-3-7(16)4-2-6/h1-5H,17H2. The van der Waals surface area contributed by atoms with E-state index in [1.807, 2.05) is 0 Å². The zero-order valence-corrected chi connectivity index (χ0v) is 11.4. The van der Waals surface area contributed by atoms with E-state index in [1.54, 1.807) is 12.1 Å². The lowest BCUT2D eigenvalue weighted by Crippen LogP contribution is -2.04. The second-order valence-corrected chi connectivity index (χ2v) is 4.97. The Labute approximate surface area is 119 Å². The molecule has 100 valence electrons. The fourth-order valence-corrected chi connectivity index (χ4v) is 1.84. The number of alkyl halides is 3. The van der Waals surface area contributed by atoms with Gasteiger partial charge in [-0.1, -0.05) is 0 Å². The van der Waals surface area contributed by atoms with Crippen molar-refractivity contribution in [3.8, 4) is 0 Å². The molecule has 0 fully saturated rings. The van der Waals surface area contributed by atoms with Crippen LogP contribution in [-0.4, -0.2) is 5.78 Å². The largest absolute Gasteiger partial charge is 0.449 e. The van der Waals surface area contributed by atoms with Crippen LogP contribution in [0.25, 0.3) is 0 Å². The summed E-state index contributed by atoms with van der Waals surface area (Å²) in [5.74, 6) is -2.41. The van der Waals surface area contributed by atoms with Gasteiger partial charge in [0.15, 0.2) is 5.78 Å². The van der Waals surface area contributed by atoms with E-state index in [1.165, 1.54) is 12.1 Å². The van der Waals surface area contributed by atoms with Crippen LogP contribution in [0.15, 0.2) is 34.7 Å². The topological polar surface area (TPSA) is 56.2 Å². The number of rotatable bonds is 2. The van der Waals surface area contributed by atoms with Crippen molar-refractivity contribution < 1.29 is 22.4 Å². The number of nitrogens with two attached hydrogens (primary N) is 1. The molecule has 0 atom stereocenters. The van der Waals surface area contributed by atoms with Crippen molar-refractivity contribution in [2.75, 3.05) is 5.73 Å². The molecular formula is C12H7F3INO2. The highest BCUT2D eigenvalue weighted by atomic mass is 127. The SMILES string of the molecule is Nc1oc(C(F)(F)F)cc1C(=O)c1ccc(I)cc1. The van der Waals surface area contributed by atoms with E-state index in [0.717, 1.165) is 3.57 Å². The lowest BCUT2D eigenvalue weighted by Gasteiger charge is -1.99. The third kappa shape index (κ3) is 2.91. The van der Waals surface area contributed by atoms with Gasteiger partial charge in [-0.15, -0.1) is 0 Å². The van der Waals surface area contributed by atoms with E-state index in [4.69, 9.17) is 5.73 Å². The third-order valence-electron chi connectivity index (χ3n) is 2.39. The number of hydrogen-bond acceptors (Lipinski definition) is 3. The molecule has 7 heteroatoms. The molecule has 0 unspecified atom stereocenters. The molecule has 0 spiro atoms. The predicted octanol–water partition coefficient (Wildman–Crippen LogP) is 3.72. The van der Waals surface area contributed by atoms with Crippen LogP contribution in [0, 0.1) is 3.57 Å². The maximum atomic E-state index is 12.4. The number of hydrogen-bond donors (Lipinski definition) is 1. The summed E-state index contributed by atoms with van der Waals surface area (Å²) in [6.45, 7) is 0. The fourth-order valence-electron chi connectivity index (χ4n) is 1.48. The Bertz CT molecular complexity index is 617. The lowest BCUT2D eigenvalue weighted by molar-refractivity contribution is -0.152. The van der Waals surface area contributed by atoms with Gasteiger partial charge in [0, 0.05) is 15.2 Å². The van der Waals surface area contributed by atoms with E-state index in [2.05, 4.69) is 27.0 Å². The van der Waals surface area contributed by atoms with Crippen molar-refractivity contribution in [1.29, 1.82) is 0 Å². The van der Waals surface area contributed by atoms with Gasteiger partial charge in [-0.3, -0.25) is 4.79 Å². The molecule has 0 aliphatic heterocycles. The van der Waals surface area contributed by atoms with Crippen molar-refractivity contribution in [3.63, 3.8) is 0 Å². The Hall–Kier alpha value is -1.51. The Kier molecular flexibility index (Phi) is 3.57. The molecule has 0 aliphatic carbocycles. The van der Waals surface area contributed by atoms with Gasteiger partial charge < -0.3 is 10.2 Å². The summed E-state index contributed by atoms with van der Waals surface area (Å²) >= 11 is 2.05. The maximum absolute atomic E-state index is 12.4. The zero-order chi connectivity index (χ0) is 14.2. The van der Waals surface area contributed by atoms with E-state index >= 15 is 0 Å². The van der Waals surface area contributed by atoms with Gasteiger partial charge in [0.1, 0.15) is 0 Å². The zero-order valence-electron chi connectivity index (χ0n) is 9.29. The summed E-state index contributed by atoms with van der Waals surface area (Å²) in [4.78, 5) is 12.0. The minimum atomic E-state index is -4.67. The number of ketones is 1. The summed E-state index contributed by atoms with van der Waals surface area (Å²) in [6.07, 6.45) is -4.67. The van der Waals surface area contributed by atoms with Crippen LogP contribution < -0.4 is 5.73 Å². The van der Waals surface area contributed by atoms with Crippen LogP contribution in [0.3, 0.4) is 0 Å². The Morgan fingerprint density at radius 1 is 1.21 bits per heavy atom. The molecule has 2 aromatic rings. The molecule has 0 saturated heterocycles. The van der Waals surface area contributed by atoms with E-state index in [0.29, 0.717) is 6.07 Å². The van der Waals surface area contributed by atoms with Gasteiger partial charge in [-0.25, -0.2) is 0 Å². The molecule has 0 saturated carbocycles.